The lowest BCUT2D eigenvalue weighted by atomic mass is 9.87. The molecular formula is C42H51N5O8S2. The maximum absolute atomic E-state index is 14.9. The summed E-state index contributed by atoms with van der Waals surface area (Å²) in [6, 6.07) is 5.64. The van der Waals surface area contributed by atoms with Crippen LogP contribution in [0, 0.1) is 12.8 Å². The van der Waals surface area contributed by atoms with Gasteiger partial charge in [-0.25, -0.2) is 13.4 Å². The number of carbonyl (C=O) groups excluding carboxylic acids is 4. The van der Waals surface area contributed by atoms with Crippen LogP contribution in [0.1, 0.15) is 105 Å². The number of sulfonamides is 1. The van der Waals surface area contributed by atoms with Crippen molar-refractivity contribution in [2.75, 3.05) is 13.7 Å². The average Bonchev–Trinajstić information content (AvgIpc) is 4.01. The van der Waals surface area contributed by atoms with Gasteiger partial charge in [-0.15, -0.1) is 11.3 Å². The number of hydrogen-bond donors (Lipinski definition) is 3. The van der Waals surface area contributed by atoms with E-state index in [1.807, 2.05) is 55.6 Å². The summed E-state index contributed by atoms with van der Waals surface area (Å²) in [5.74, 6) is -1.17. The molecule has 1 aromatic carbocycles. The highest BCUT2D eigenvalue weighted by Crippen LogP contribution is 2.49. The third-order valence-electron chi connectivity index (χ3n) is 12.8. The summed E-state index contributed by atoms with van der Waals surface area (Å²) >= 11 is 1.31. The van der Waals surface area contributed by atoms with Crippen LogP contribution in [0.25, 0.3) is 10.9 Å². The van der Waals surface area contributed by atoms with Crippen molar-refractivity contribution in [1.29, 1.82) is 0 Å². The number of methoxy groups -OCH3 is 1. The van der Waals surface area contributed by atoms with Crippen LogP contribution in [-0.2, 0) is 37.2 Å². The molecule has 13 nitrogen and oxygen atoms in total. The van der Waals surface area contributed by atoms with Crippen LogP contribution in [0.2, 0.25) is 0 Å². The topological polar surface area (TPSA) is 173 Å². The number of aromatic nitrogens is 1. The molecule has 1 spiro atoms. The van der Waals surface area contributed by atoms with E-state index in [0.717, 1.165) is 40.6 Å². The first-order chi connectivity index (χ1) is 27.2. The number of nitrogens with zero attached hydrogens (tertiary/aromatic N) is 2. The number of fused-ring (bicyclic) bond motifs is 5. The molecule has 3 fully saturated rings. The first kappa shape index (κ1) is 39.3. The zero-order valence-corrected chi connectivity index (χ0v) is 34.6. The third kappa shape index (κ3) is 7.19. The third-order valence-corrected chi connectivity index (χ3v) is 16.0. The van der Waals surface area contributed by atoms with Crippen molar-refractivity contribution in [2.45, 2.75) is 126 Å². The monoisotopic (exact) mass is 817 g/mol. The van der Waals surface area contributed by atoms with Gasteiger partial charge in [0.2, 0.25) is 21.8 Å². The molecule has 5 heterocycles. The Morgan fingerprint density at radius 1 is 1.12 bits per heavy atom. The van der Waals surface area contributed by atoms with E-state index in [9.17, 15) is 27.6 Å². The van der Waals surface area contributed by atoms with Gasteiger partial charge in [0.05, 0.1) is 34.5 Å². The average molecular weight is 818 g/mol. The lowest BCUT2D eigenvalue weighted by Crippen LogP contribution is -2.58. The molecule has 5 atom stereocenters. The summed E-state index contributed by atoms with van der Waals surface area (Å²) in [6.07, 6.45) is 10.2. The Bertz CT molecular complexity index is 2290. The zero-order chi connectivity index (χ0) is 40.3. The summed E-state index contributed by atoms with van der Waals surface area (Å²) in [5.41, 5.74) is 0.923. The van der Waals surface area contributed by atoms with Crippen molar-refractivity contribution in [3.05, 3.63) is 63.5 Å². The maximum Gasteiger partial charge on any atom is 0.262 e. The highest BCUT2D eigenvalue weighted by molar-refractivity contribution is 7.91. The highest BCUT2D eigenvalue weighted by Gasteiger charge is 2.64. The molecule has 304 valence electrons. The molecule has 2 aliphatic carbocycles. The van der Waals surface area contributed by atoms with Gasteiger partial charge >= 0.3 is 0 Å². The fraction of sp³-hybridized carbons (Fsp3) is 0.548. The molecule has 8 rings (SSSR count). The smallest absolute Gasteiger partial charge is 0.262 e. The first-order valence-corrected chi connectivity index (χ1v) is 22.5. The van der Waals surface area contributed by atoms with Crippen LogP contribution in [0.3, 0.4) is 0 Å². The molecule has 3 N–H and O–H groups in total. The Balaban J connectivity index is 1.16. The lowest BCUT2D eigenvalue weighted by molar-refractivity contribution is -0.141. The Morgan fingerprint density at radius 3 is 2.65 bits per heavy atom. The summed E-state index contributed by atoms with van der Waals surface area (Å²) in [4.78, 5) is 64.3. The number of nitrogens with one attached hydrogen (secondary N) is 3. The Hall–Kier alpha value is -4.50. The molecular weight excluding hydrogens is 767 g/mol. The van der Waals surface area contributed by atoms with E-state index < -0.39 is 61.6 Å². The normalized spacial score (nSPS) is 28.8. The quantitative estimate of drug-likeness (QED) is 0.277. The highest BCUT2D eigenvalue weighted by atomic mass is 32.2. The molecule has 2 aromatic heterocycles. The number of amides is 4. The Morgan fingerprint density at radius 2 is 1.93 bits per heavy atom. The number of pyridine rings is 1. The molecule has 3 aliphatic heterocycles. The van der Waals surface area contributed by atoms with Gasteiger partial charge in [0, 0.05) is 23.3 Å². The second-order valence-electron chi connectivity index (χ2n) is 16.8. The summed E-state index contributed by atoms with van der Waals surface area (Å²) < 4.78 is 40.3. The van der Waals surface area contributed by atoms with E-state index in [0.29, 0.717) is 67.7 Å². The molecule has 0 radical (unpaired) electrons. The van der Waals surface area contributed by atoms with Crippen LogP contribution >= 0.6 is 11.3 Å². The van der Waals surface area contributed by atoms with Gasteiger partial charge in [-0.1, -0.05) is 31.9 Å². The lowest BCUT2D eigenvalue weighted by Gasteiger charge is -2.37. The minimum absolute atomic E-state index is 0.0718. The molecule has 5 aliphatic rings. The second kappa shape index (κ2) is 14.7. The van der Waals surface area contributed by atoms with E-state index in [1.54, 1.807) is 14.0 Å². The number of ether oxygens (including phenoxy) is 2. The Kier molecular flexibility index (Phi) is 10.1. The van der Waals surface area contributed by atoms with E-state index >= 15 is 0 Å². The largest absolute Gasteiger partial charge is 0.497 e. The van der Waals surface area contributed by atoms with Crippen LogP contribution in [0.5, 0.6) is 11.5 Å². The zero-order valence-electron chi connectivity index (χ0n) is 32.9. The number of benzene rings is 1. The van der Waals surface area contributed by atoms with Crippen LogP contribution in [-0.4, -0.2) is 83.6 Å². The summed E-state index contributed by atoms with van der Waals surface area (Å²) in [6.45, 7) is 5.54. The Labute approximate surface area is 337 Å². The predicted molar refractivity (Wildman–Crippen MR) is 216 cm³/mol. The van der Waals surface area contributed by atoms with Crippen molar-refractivity contribution in [1.82, 2.24) is 25.2 Å². The number of rotatable bonds is 7. The van der Waals surface area contributed by atoms with Gasteiger partial charge in [-0.2, -0.15) is 0 Å². The molecule has 0 unspecified atom stereocenters. The van der Waals surface area contributed by atoms with Crippen LogP contribution in [0.15, 0.2) is 41.8 Å². The van der Waals surface area contributed by atoms with E-state index in [1.165, 1.54) is 16.2 Å². The molecule has 1 saturated heterocycles. The van der Waals surface area contributed by atoms with Gasteiger partial charge in [-0.05, 0) is 107 Å². The van der Waals surface area contributed by atoms with Gasteiger partial charge in [0.25, 0.3) is 11.8 Å². The van der Waals surface area contributed by atoms with Crippen molar-refractivity contribution in [3.8, 4) is 11.5 Å². The maximum atomic E-state index is 14.9. The predicted octanol–water partition coefficient (Wildman–Crippen LogP) is 5.03. The van der Waals surface area contributed by atoms with Gasteiger partial charge < -0.3 is 25.0 Å². The van der Waals surface area contributed by atoms with Gasteiger partial charge in [-0.3, -0.25) is 23.9 Å². The summed E-state index contributed by atoms with van der Waals surface area (Å²) in [5, 5.41) is 8.75. The van der Waals surface area contributed by atoms with Crippen LogP contribution in [0.4, 0.5) is 0 Å². The first-order valence-electron chi connectivity index (χ1n) is 20.1. The minimum atomic E-state index is -3.99. The van der Waals surface area contributed by atoms with E-state index in [-0.39, 0.29) is 25.3 Å². The molecule has 15 heteroatoms. The number of thiophene rings is 1. The van der Waals surface area contributed by atoms with Crippen molar-refractivity contribution < 1.29 is 37.1 Å². The molecule has 3 aromatic rings. The molecule has 0 bridgehead atoms. The van der Waals surface area contributed by atoms with Gasteiger partial charge in [0.15, 0.2) is 0 Å². The molecule has 2 saturated carbocycles. The van der Waals surface area contributed by atoms with Gasteiger partial charge in [0.1, 0.15) is 34.7 Å². The fourth-order valence-corrected chi connectivity index (χ4v) is 10.9. The molecule has 4 amide bonds. The van der Waals surface area contributed by atoms with Crippen molar-refractivity contribution in [3.63, 3.8) is 0 Å². The number of aryl methyl sites for hydroxylation is 3. The summed E-state index contributed by atoms with van der Waals surface area (Å²) in [7, 11) is -2.37. The van der Waals surface area contributed by atoms with Crippen LogP contribution < -0.4 is 24.8 Å². The second-order valence-corrected chi connectivity index (χ2v) is 19.9. The number of hydrogen-bond acceptors (Lipinski definition) is 10. The standard InChI is InChI=1S/C42H51N5O8S2/c1-5-30-34-28(29-21-27(54-4)13-14-31(29)43-30)15-17-41(55-34)23-33-36(48)45-42(39(51)46-57(52,53)40(3)18-19-40)22-26(42)11-9-7-6-8-10-12-32(38(50)47(33)24-41)44-37(49)35-25(2)16-20-56-35/h9,11,13-14,16,20-21,26,32-33H,5-8,10,12,15,17-19,22-24H2,1-4H3,(H,44,49)(H,45,48)(H,46,51)/b11-9-/t26-,32+,33+,41-,42-/m1/s1. The van der Waals surface area contributed by atoms with Crippen molar-refractivity contribution in [2.24, 2.45) is 5.92 Å². The SMILES string of the molecule is CCc1nc2ccc(OC)cc2c2c1O[C@]1(CC2)C[C@H]2C(=O)N[C@]3(C(=O)NS(=O)(=O)C4(C)CC4)C[C@H]3/C=C\CCCCC[C@H](NC(=O)c3sccc3C)C(=O)N2C1. The van der Waals surface area contributed by atoms with E-state index in [2.05, 4.69) is 15.4 Å². The fourth-order valence-electron chi connectivity index (χ4n) is 8.77. The van der Waals surface area contributed by atoms with E-state index in [4.69, 9.17) is 14.5 Å². The van der Waals surface area contributed by atoms with Crippen molar-refractivity contribution >= 4 is 55.9 Å². The number of allylic oxidation sites excluding steroid dienone is 1. The molecule has 57 heavy (non-hydrogen) atoms. The number of carbonyl (C=O) groups is 4. The minimum Gasteiger partial charge on any atom is -0.497 e.